The van der Waals surface area contributed by atoms with Crippen LogP contribution in [0.15, 0.2) is 17.8 Å². The Morgan fingerprint density at radius 3 is 3.25 bits per heavy atom. The van der Waals surface area contributed by atoms with Gasteiger partial charge >= 0.3 is 0 Å². The molecule has 108 valence electrons. The van der Waals surface area contributed by atoms with E-state index in [0.717, 1.165) is 43.8 Å². The van der Waals surface area contributed by atoms with Crippen molar-refractivity contribution >= 4 is 11.5 Å². The van der Waals surface area contributed by atoms with E-state index in [1.54, 1.807) is 0 Å². The molecule has 0 aliphatic carbocycles. The lowest BCUT2D eigenvalue weighted by Gasteiger charge is -2.31. The number of nitrogens with zero attached hydrogens (tertiary/aromatic N) is 4. The fraction of sp³-hybridized carbons (Fsp3) is 0.615. The van der Waals surface area contributed by atoms with E-state index in [2.05, 4.69) is 33.1 Å². The molecule has 2 atom stereocenters. The second kappa shape index (κ2) is 6.43. The van der Waals surface area contributed by atoms with Crippen molar-refractivity contribution in [1.29, 1.82) is 0 Å². The van der Waals surface area contributed by atoms with Crippen molar-refractivity contribution < 1.29 is 4.74 Å². The van der Waals surface area contributed by atoms with Crippen molar-refractivity contribution in [2.75, 3.05) is 6.61 Å². The standard InChI is InChI=1S/C13H19N5OS/c1-2-18-8-10(6-15-18)13-12(4-3-5-19-13)14-7-11-9-20-17-16-11/h6,8-9,12-14H,2-5,7H2,1H3/t12-,13+/m1/s1. The van der Waals surface area contributed by atoms with Crippen molar-refractivity contribution in [2.45, 2.75) is 45.0 Å². The second-order valence-electron chi connectivity index (χ2n) is 4.95. The fourth-order valence-electron chi connectivity index (χ4n) is 2.51. The highest BCUT2D eigenvalue weighted by molar-refractivity contribution is 7.03. The Kier molecular flexibility index (Phi) is 4.39. The molecule has 0 unspecified atom stereocenters. The van der Waals surface area contributed by atoms with Gasteiger partial charge in [-0.1, -0.05) is 4.49 Å². The smallest absolute Gasteiger partial charge is 0.101 e. The molecule has 1 aliphatic heterocycles. The summed E-state index contributed by atoms with van der Waals surface area (Å²) < 4.78 is 11.8. The molecule has 3 heterocycles. The van der Waals surface area contributed by atoms with Gasteiger partial charge in [-0.3, -0.25) is 4.68 Å². The summed E-state index contributed by atoms with van der Waals surface area (Å²) in [6, 6.07) is 0.306. The molecule has 1 saturated heterocycles. The Bertz CT molecular complexity index is 527. The van der Waals surface area contributed by atoms with Gasteiger partial charge in [-0.2, -0.15) is 5.10 Å². The molecule has 0 amide bonds. The molecule has 1 aliphatic rings. The van der Waals surface area contributed by atoms with E-state index in [1.165, 1.54) is 11.5 Å². The predicted molar refractivity (Wildman–Crippen MR) is 76.4 cm³/mol. The van der Waals surface area contributed by atoms with Crippen molar-refractivity contribution in [2.24, 2.45) is 0 Å². The number of rotatable bonds is 5. The zero-order valence-corrected chi connectivity index (χ0v) is 12.3. The van der Waals surface area contributed by atoms with Gasteiger partial charge in [0.05, 0.1) is 11.9 Å². The van der Waals surface area contributed by atoms with Crippen LogP contribution in [0.5, 0.6) is 0 Å². The number of hydrogen-bond donors (Lipinski definition) is 1. The molecular weight excluding hydrogens is 274 g/mol. The van der Waals surface area contributed by atoms with Crippen molar-refractivity contribution in [3.05, 3.63) is 29.0 Å². The molecule has 0 spiro atoms. The highest BCUT2D eigenvalue weighted by Gasteiger charge is 2.28. The lowest BCUT2D eigenvalue weighted by molar-refractivity contribution is -0.0113. The van der Waals surface area contributed by atoms with Gasteiger partial charge in [0.2, 0.25) is 0 Å². The Labute approximate surface area is 122 Å². The van der Waals surface area contributed by atoms with Gasteiger partial charge in [0.1, 0.15) is 6.10 Å². The van der Waals surface area contributed by atoms with E-state index < -0.39 is 0 Å². The van der Waals surface area contributed by atoms with Crippen LogP contribution in [0.2, 0.25) is 0 Å². The van der Waals surface area contributed by atoms with Gasteiger partial charge < -0.3 is 10.1 Å². The SMILES string of the molecule is CCn1cc([C@@H]2OCCC[C@H]2NCc2csnn2)cn1. The van der Waals surface area contributed by atoms with Crippen LogP contribution >= 0.6 is 11.5 Å². The maximum absolute atomic E-state index is 5.96. The van der Waals surface area contributed by atoms with Crippen molar-refractivity contribution in [3.63, 3.8) is 0 Å². The fourth-order valence-corrected chi connectivity index (χ4v) is 2.97. The number of nitrogens with one attached hydrogen (secondary N) is 1. The molecule has 20 heavy (non-hydrogen) atoms. The van der Waals surface area contributed by atoms with Crippen LogP contribution in [0.1, 0.15) is 37.1 Å². The molecule has 2 aromatic rings. The topological polar surface area (TPSA) is 64.9 Å². The molecule has 7 heteroatoms. The van der Waals surface area contributed by atoms with Gasteiger partial charge in [0.25, 0.3) is 0 Å². The highest BCUT2D eigenvalue weighted by Crippen LogP contribution is 2.28. The molecule has 6 nitrogen and oxygen atoms in total. The summed E-state index contributed by atoms with van der Waals surface area (Å²) in [6.45, 7) is 4.53. The molecule has 0 aromatic carbocycles. The molecule has 0 radical (unpaired) electrons. The third-order valence-electron chi connectivity index (χ3n) is 3.58. The molecule has 1 fully saturated rings. The van der Waals surface area contributed by atoms with Gasteiger partial charge in [-0.25, -0.2) is 0 Å². The van der Waals surface area contributed by atoms with Crippen molar-refractivity contribution in [3.8, 4) is 0 Å². The predicted octanol–water partition coefficient (Wildman–Crippen LogP) is 1.76. The first-order valence-corrected chi connectivity index (χ1v) is 7.83. The van der Waals surface area contributed by atoms with Crippen molar-refractivity contribution in [1.82, 2.24) is 24.7 Å². The largest absolute Gasteiger partial charge is 0.372 e. The van der Waals surface area contributed by atoms with E-state index in [9.17, 15) is 0 Å². The third-order valence-corrected chi connectivity index (χ3v) is 4.13. The lowest BCUT2D eigenvalue weighted by atomic mass is 9.98. The summed E-state index contributed by atoms with van der Waals surface area (Å²) in [5, 5.41) is 13.9. The summed E-state index contributed by atoms with van der Waals surface area (Å²) in [5.41, 5.74) is 2.14. The summed E-state index contributed by atoms with van der Waals surface area (Å²) in [5.74, 6) is 0. The van der Waals surface area contributed by atoms with Gasteiger partial charge in [0, 0.05) is 42.9 Å². The van der Waals surface area contributed by atoms with E-state index in [1.807, 2.05) is 16.3 Å². The van der Waals surface area contributed by atoms with Crippen LogP contribution in [0.3, 0.4) is 0 Å². The third kappa shape index (κ3) is 3.05. The molecular formula is C13H19N5OS. The number of aromatic nitrogens is 4. The van der Waals surface area contributed by atoms with Gasteiger partial charge in [-0.15, -0.1) is 5.10 Å². The Morgan fingerprint density at radius 2 is 2.50 bits per heavy atom. The van der Waals surface area contributed by atoms with Gasteiger partial charge in [0.15, 0.2) is 0 Å². The van der Waals surface area contributed by atoms with Crippen LogP contribution in [0.4, 0.5) is 0 Å². The lowest BCUT2D eigenvalue weighted by Crippen LogP contribution is -2.39. The highest BCUT2D eigenvalue weighted by atomic mass is 32.1. The molecule has 1 N–H and O–H groups in total. The zero-order valence-electron chi connectivity index (χ0n) is 11.5. The van der Waals surface area contributed by atoms with Crippen LogP contribution in [0, 0.1) is 0 Å². The summed E-state index contributed by atoms with van der Waals surface area (Å²) in [4.78, 5) is 0. The first-order valence-electron chi connectivity index (χ1n) is 7.00. The quantitative estimate of drug-likeness (QED) is 0.910. The number of aryl methyl sites for hydroxylation is 1. The average Bonchev–Trinajstić information content (AvgIpc) is 3.16. The molecule has 2 aromatic heterocycles. The van der Waals surface area contributed by atoms with Crippen LogP contribution in [0.25, 0.3) is 0 Å². The van der Waals surface area contributed by atoms with E-state index in [4.69, 9.17) is 4.74 Å². The molecule has 0 saturated carbocycles. The number of hydrogen-bond acceptors (Lipinski definition) is 6. The normalized spacial score (nSPS) is 23.1. The van der Waals surface area contributed by atoms with E-state index in [-0.39, 0.29) is 6.10 Å². The first kappa shape index (κ1) is 13.7. The summed E-state index contributed by atoms with van der Waals surface area (Å²) in [6.07, 6.45) is 6.27. The van der Waals surface area contributed by atoms with Crippen LogP contribution < -0.4 is 5.32 Å². The molecule has 3 rings (SSSR count). The Morgan fingerprint density at radius 1 is 1.55 bits per heavy atom. The monoisotopic (exact) mass is 293 g/mol. The Hall–Kier alpha value is -1.31. The van der Waals surface area contributed by atoms with E-state index >= 15 is 0 Å². The summed E-state index contributed by atoms with van der Waals surface area (Å²) >= 11 is 1.38. The Balaban J connectivity index is 1.67. The van der Waals surface area contributed by atoms with Crippen LogP contribution in [-0.2, 0) is 17.8 Å². The number of ether oxygens (including phenoxy) is 1. The minimum Gasteiger partial charge on any atom is -0.372 e. The van der Waals surface area contributed by atoms with Gasteiger partial charge in [-0.05, 0) is 31.3 Å². The zero-order chi connectivity index (χ0) is 13.8. The minimum atomic E-state index is 0.0793. The maximum Gasteiger partial charge on any atom is 0.101 e. The van der Waals surface area contributed by atoms with E-state index in [0.29, 0.717) is 6.04 Å². The van der Waals surface area contributed by atoms with Crippen LogP contribution in [-0.4, -0.2) is 32.0 Å². The maximum atomic E-state index is 5.96. The second-order valence-corrected chi connectivity index (χ2v) is 5.56. The minimum absolute atomic E-state index is 0.0793. The first-order chi connectivity index (χ1) is 9.86. The molecule has 0 bridgehead atoms. The average molecular weight is 293 g/mol. The summed E-state index contributed by atoms with van der Waals surface area (Å²) in [7, 11) is 0.